The largest absolute Gasteiger partial charge is 0.459 e. The van der Waals surface area contributed by atoms with Crippen LogP contribution in [-0.2, 0) is 20.9 Å². The lowest BCUT2D eigenvalue weighted by Crippen LogP contribution is -2.46. The second kappa shape index (κ2) is 5.96. The summed E-state index contributed by atoms with van der Waals surface area (Å²) in [4.78, 5) is 37.2. The maximum atomic E-state index is 12.4. The molecule has 0 unspecified atom stereocenters. The number of esters is 1. The third-order valence-corrected chi connectivity index (χ3v) is 4.47. The van der Waals surface area contributed by atoms with Crippen LogP contribution in [0.2, 0.25) is 0 Å². The van der Waals surface area contributed by atoms with E-state index in [-0.39, 0.29) is 18.4 Å². The number of carbonyl (C=O) groups is 3. The minimum atomic E-state index is -0.898. The highest BCUT2D eigenvalue weighted by atomic mass is 16.5. The van der Waals surface area contributed by atoms with Crippen molar-refractivity contribution < 1.29 is 19.1 Å². The Morgan fingerprint density at radius 3 is 2.62 bits per heavy atom. The Labute approximate surface area is 139 Å². The number of benzene rings is 1. The fourth-order valence-corrected chi connectivity index (χ4v) is 2.81. The van der Waals surface area contributed by atoms with Crippen molar-refractivity contribution in [3.05, 3.63) is 35.4 Å². The molecule has 1 N–H and O–H groups in total. The lowest BCUT2D eigenvalue weighted by atomic mass is 9.96. The van der Waals surface area contributed by atoms with Crippen LogP contribution in [0.3, 0.4) is 0 Å². The molecule has 3 amide bonds. The molecule has 1 atom stereocenters. The number of nitrogens with one attached hydrogen (secondary N) is 1. The van der Waals surface area contributed by atoms with E-state index < -0.39 is 24.1 Å². The standard InChI is InChI=1S/C17H17N3O4/c1-17(13-6-7-13)15(22)20(16(23)19-17)9-14(21)24-10-12-4-2-11(8-18)3-5-12/h2-5,13H,6-7,9-10H2,1H3,(H,19,23)/t17-/m0/s1. The highest BCUT2D eigenvalue weighted by Crippen LogP contribution is 2.42. The molecule has 1 aromatic carbocycles. The minimum Gasteiger partial charge on any atom is -0.459 e. The van der Waals surface area contributed by atoms with Gasteiger partial charge in [0.1, 0.15) is 18.7 Å². The van der Waals surface area contributed by atoms with Crippen molar-refractivity contribution in [1.82, 2.24) is 10.2 Å². The quantitative estimate of drug-likeness (QED) is 0.649. The molecule has 1 aliphatic carbocycles. The Morgan fingerprint density at radius 1 is 1.38 bits per heavy atom. The first-order valence-corrected chi connectivity index (χ1v) is 7.73. The Hall–Kier alpha value is -2.88. The van der Waals surface area contributed by atoms with Crippen molar-refractivity contribution in [2.75, 3.05) is 6.54 Å². The zero-order valence-electron chi connectivity index (χ0n) is 13.2. The number of nitriles is 1. The van der Waals surface area contributed by atoms with Crippen molar-refractivity contribution in [3.8, 4) is 6.07 Å². The molecule has 1 aromatic rings. The van der Waals surface area contributed by atoms with Gasteiger partial charge in [0.15, 0.2) is 0 Å². The van der Waals surface area contributed by atoms with E-state index in [2.05, 4.69) is 5.32 Å². The van der Waals surface area contributed by atoms with Crippen molar-refractivity contribution in [1.29, 1.82) is 5.26 Å². The van der Waals surface area contributed by atoms with Gasteiger partial charge in [-0.25, -0.2) is 4.79 Å². The summed E-state index contributed by atoms with van der Waals surface area (Å²) in [6, 6.07) is 8.07. The van der Waals surface area contributed by atoms with Crippen LogP contribution in [-0.4, -0.2) is 34.9 Å². The van der Waals surface area contributed by atoms with Gasteiger partial charge < -0.3 is 10.1 Å². The van der Waals surface area contributed by atoms with Gasteiger partial charge >= 0.3 is 12.0 Å². The van der Waals surface area contributed by atoms with Crippen LogP contribution in [0.25, 0.3) is 0 Å². The molecule has 1 aliphatic heterocycles. The highest BCUT2D eigenvalue weighted by Gasteiger charge is 2.56. The average molecular weight is 327 g/mol. The third-order valence-electron chi connectivity index (χ3n) is 4.47. The first-order valence-electron chi connectivity index (χ1n) is 7.73. The van der Waals surface area contributed by atoms with Crippen LogP contribution < -0.4 is 5.32 Å². The van der Waals surface area contributed by atoms with Crippen LogP contribution in [0, 0.1) is 17.2 Å². The fourth-order valence-electron chi connectivity index (χ4n) is 2.81. The van der Waals surface area contributed by atoms with E-state index in [4.69, 9.17) is 10.00 Å². The lowest BCUT2D eigenvalue weighted by Gasteiger charge is -2.20. The van der Waals surface area contributed by atoms with Gasteiger partial charge in [0.25, 0.3) is 5.91 Å². The fraction of sp³-hybridized carbons (Fsp3) is 0.412. The summed E-state index contributed by atoms with van der Waals surface area (Å²) in [6.45, 7) is 1.32. The number of rotatable bonds is 5. The highest BCUT2D eigenvalue weighted by molar-refractivity contribution is 6.08. The van der Waals surface area contributed by atoms with Crippen molar-refractivity contribution >= 4 is 17.9 Å². The number of amides is 3. The van der Waals surface area contributed by atoms with Crippen LogP contribution >= 0.6 is 0 Å². The summed E-state index contributed by atoms with van der Waals surface area (Å²) in [5, 5.41) is 11.4. The number of hydrogen-bond donors (Lipinski definition) is 1. The molecule has 7 heteroatoms. The molecule has 1 saturated carbocycles. The second-order valence-corrected chi connectivity index (χ2v) is 6.27. The number of ether oxygens (including phenoxy) is 1. The average Bonchev–Trinajstić information content (AvgIpc) is 3.40. The van der Waals surface area contributed by atoms with Gasteiger partial charge in [0.05, 0.1) is 11.6 Å². The van der Waals surface area contributed by atoms with E-state index in [0.29, 0.717) is 5.56 Å². The second-order valence-electron chi connectivity index (χ2n) is 6.27. The van der Waals surface area contributed by atoms with Gasteiger partial charge in [-0.05, 0) is 43.4 Å². The molecule has 7 nitrogen and oxygen atoms in total. The van der Waals surface area contributed by atoms with Gasteiger partial charge in [-0.3, -0.25) is 14.5 Å². The summed E-state index contributed by atoms with van der Waals surface area (Å²) in [6.07, 6.45) is 1.80. The predicted molar refractivity (Wildman–Crippen MR) is 82.3 cm³/mol. The van der Waals surface area contributed by atoms with Gasteiger partial charge in [-0.1, -0.05) is 12.1 Å². The Bertz CT molecular complexity index is 733. The Balaban J connectivity index is 1.55. The van der Waals surface area contributed by atoms with Crippen molar-refractivity contribution in [2.24, 2.45) is 5.92 Å². The van der Waals surface area contributed by atoms with Gasteiger partial charge in [-0.15, -0.1) is 0 Å². The molecule has 0 aromatic heterocycles. The van der Waals surface area contributed by atoms with Crippen LogP contribution in [0.1, 0.15) is 30.9 Å². The van der Waals surface area contributed by atoms with Gasteiger partial charge in [0.2, 0.25) is 0 Å². The van der Waals surface area contributed by atoms with E-state index in [9.17, 15) is 14.4 Å². The Morgan fingerprint density at radius 2 is 2.04 bits per heavy atom. The molecule has 3 rings (SSSR count). The van der Waals surface area contributed by atoms with Gasteiger partial charge in [-0.2, -0.15) is 5.26 Å². The molecular formula is C17H17N3O4. The summed E-state index contributed by atoms with van der Waals surface area (Å²) in [5.41, 5.74) is 0.343. The summed E-state index contributed by atoms with van der Waals surface area (Å²) >= 11 is 0. The third kappa shape index (κ3) is 2.95. The van der Waals surface area contributed by atoms with E-state index in [1.807, 2.05) is 6.07 Å². The van der Waals surface area contributed by atoms with E-state index >= 15 is 0 Å². The number of nitrogens with zero attached hydrogens (tertiary/aromatic N) is 2. The molecule has 0 spiro atoms. The van der Waals surface area contributed by atoms with Crippen LogP contribution in [0.15, 0.2) is 24.3 Å². The van der Waals surface area contributed by atoms with Crippen LogP contribution in [0.5, 0.6) is 0 Å². The number of urea groups is 1. The summed E-state index contributed by atoms with van der Waals surface area (Å²) in [7, 11) is 0. The van der Waals surface area contributed by atoms with Gasteiger partial charge in [0, 0.05) is 0 Å². The van der Waals surface area contributed by atoms with Crippen molar-refractivity contribution in [2.45, 2.75) is 31.9 Å². The smallest absolute Gasteiger partial charge is 0.326 e. The maximum absolute atomic E-state index is 12.4. The minimum absolute atomic E-state index is 0.0219. The molecule has 1 saturated heterocycles. The monoisotopic (exact) mass is 327 g/mol. The molecular weight excluding hydrogens is 310 g/mol. The molecule has 0 bridgehead atoms. The van der Waals surface area contributed by atoms with E-state index in [1.165, 1.54) is 0 Å². The molecule has 0 radical (unpaired) electrons. The molecule has 24 heavy (non-hydrogen) atoms. The molecule has 2 fully saturated rings. The molecule has 2 aliphatic rings. The topological polar surface area (TPSA) is 99.5 Å². The zero-order chi connectivity index (χ0) is 17.3. The first-order chi connectivity index (χ1) is 11.4. The SMILES string of the molecule is C[C@@]1(C2CC2)NC(=O)N(CC(=O)OCc2ccc(C#N)cc2)C1=O. The number of hydrogen-bond acceptors (Lipinski definition) is 5. The maximum Gasteiger partial charge on any atom is 0.326 e. The predicted octanol–water partition coefficient (Wildman–Crippen LogP) is 1.32. The Kier molecular flexibility index (Phi) is 3.97. The molecule has 1 heterocycles. The zero-order valence-corrected chi connectivity index (χ0v) is 13.2. The number of imide groups is 1. The number of carbonyl (C=O) groups excluding carboxylic acids is 3. The van der Waals surface area contributed by atoms with E-state index in [0.717, 1.165) is 23.3 Å². The summed E-state index contributed by atoms with van der Waals surface area (Å²) < 4.78 is 5.11. The molecule has 124 valence electrons. The summed E-state index contributed by atoms with van der Waals surface area (Å²) in [5.74, 6) is -0.873. The van der Waals surface area contributed by atoms with Crippen LogP contribution in [0.4, 0.5) is 4.79 Å². The first kappa shape index (κ1) is 16.0. The lowest BCUT2D eigenvalue weighted by molar-refractivity contribution is -0.148. The van der Waals surface area contributed by atoms with E-state index in [1.54, 1.807) is 31.2 Å². The normalized spacial score (nSPS) is 22.9. The van der Waals surface area contributed by atoms with Crippen molar-refractivity contribution in [3.63, 3.8) is 0 Å².